The third-order valence-corrected chi connectivity index (χ3v) is 11.1. The first-order valence-corrected chi connectivity index (χ1v) is 11.3. The van der Waals surface area contributed by atoms with Crippen LogP contribution in [0.2, 0.25) is 0 Å². The third kappa shape index (κ3) is 1.48. The Balaban J connectivity index is 1.36. The normalized spacial score (nSPS) is 59.6. The first kappa shape index (κ1) is 15.8. The molecule has 5 saturated carbocycles. The molecule has 6 aliphatic carbocycles. The number of Topliss-reactive ketones (excluding diaryl/α,β-unsaturated/α-hetero) is 1. The molecule has 0 aromatic carbocycles. The zero-order valence-electron chi connectivity index (χ0n) is 16.6. The Morgan fingerprint density at radius 3 is 2.67 bits per heavy atom. The van der Waals surface area contributed by atoms with E-state index in [0.29, 0.717) is 23.5 Å². The summed E-state index contributed by atoms with van der Waals surface area (Å²) in [5.41, 5.74) is 4.03. The highest BCUT2D eigenvalue weighted by atomic mass is 16.6. The zero-order chi connectivity index (χ0) is 18.4. The Morgan fingerprint density at radius 1 is 1.04 bits per heavy atom. The lowest BCUT2D eigenvalue weighted by atomic mass is 9.45. The Kier molecular flexibility index (Phi) is 2.47. The Morgan fingerprint density at radius 2 is 1.89 bits per heavy atom. The van der Waals surface area contributed by atoms with E-state index in [0.717, 1.165) is 49.9 Å². The maximum Gasteiger partial charge on any atom is 0.306 e. The van der Waals surface area contributed by atoms with Gasteiger partial charge in [-0.1, -0.05) is 25.0 Å². The average molecular weight is 367 g/mol. The summed E-state index contributed by atoms with van der Waals surface area (Å²) >= 11 is 0. The van der Waals surface area contributed by atoms with Crippen molar-refractivity contribution in [2.75, 3.05) is 0 Å². The summed E-state index contributed by atoms with van der Waals surface area (Å²) in [6, 6.07) is 0. The van der Waals surface area contributed by atoms with E-state index in [-0.39, 0.29) is 22.4 Å². The summed E-state index contributed by atoms with van der Waals surface area (Å²) < 4.78 is 6.13. The van der Waals surface area contributed by atoms with E-state index < -0.39 is 0 Å². The maximum atomic E-state index is 12.3. The molecule has 8 atom stereocenters. The Hall–Kier alpha value is -1.12. The van der Waals surface area contributed by atoms with Gasteiger partial charge < -0.3 is 4.74 Å². The van der Waals surface area contributed by atoms with Gasteiger partial charge in [0.15, 0.2) is 0 Å². The van der Waals surface area contributed by atoms with E-state index in [1.807, 2.05) is 0 Å². The molecule has 0 aromatic rings. The molecule has 0 amide bonds. The molecule has 7 aliphatic rings. The summed E-state index contributed by atoms with van der Waals surface area (Å²) in [6.45, 7) is 5.02. The SMILES string of the molecule is CC12CCC(=O)CC1=C1CC1C1C3CC[C@@]4(CCC(=O)O4)C3(C)CC3CC312. The number of ether oxygens (including phenoxy) is 1. The lowest BCUT2D eigenvalue weighted by Crippen LogP contribution is -2.56. The van der Waals surface area contributed by atoms with Gasteiger partial charge in [0, 0.05) is 24.7 Å². The fourth-order valence-corrected chi connectivity index (χ4v) is 9.88. The molecule has 7 unspecified atom stereocenters. The zero-order valence-corrected chi connectivity index (χ0v) is 16.6. The summed E-state index contributed by atoms with van der Waals surface area (Å²) in [4.78, 5) is 24.3. The predicted octanol–water partition coefficient (Wildman–Crippen LogP) is 4.59. The van der Waals surface area contributed by atoms with E-state index in [1.165, 1.54) is 25.7 Å². The van der Waals surface area contributed by atoms with Crippen LogP contribution in [0, 0.1) is 39.9 Å². The number of hydrogen-bond acceptors (Lipinski definition) is 3. The van der Waals surface area contributed by atoms with Crippen LogP contribution in [0.3, 0.4) is 0 Å². The van der Waals surface area contributed by atoms with E-state index >= 15 is 0 Å². The molecule has 0 N–H and O–H groups in total. The van der Waals surface area contributed by atoms with Crippen molar-refractivity contribution in [1.29, 1.82) is 0 Å². The van der Waals surface area contributed by atoms with Gasteiger partial charge >= 0.3 is 5.97 Å². The number of allylic oxidation sites excluding steroid dienone is 2. The van der Waals surface area contributed by atoms with Crippen molar-refractivity contribution in [3.05, 3.63) is 11.1 Å². The van der Waals surface area contributed by atoms with Gasteiger partial charge in [0.1, 0.15) is 11.4 Å². The van der Waals surface area contributed by atoms with Gasteiger partial charge in [-0.2, -0.15) is 0 Å². The molecule has 1 heterocycles. The first-order valence-electron chi connectivity index (χ1n) is 11.3. The van der Waals surface area contributed by atoms with Gasteiger partial charge in [-0.3, -0.25) is 9.59 Å². The average Bonchev–Trinajstić information content (AvgIpc) is 3.49. The highest BCUT2D eigenvalue weighted by Gasteiger charge is 2.82. The van der Waals surface area contributed by atoms with E-state index in [4.69, 9.17) is 4.74 Å². The van der Waals surface area contributed by atoms with Crippen LogP contribution >= 0.6 is 0 Å². The molecule has 144 valence electrons. The van der Waals surface area contributed by atoms with Crippen LogP contribution in [-0.2, 0) is 14.3 Å². The topological polar surface area (TPSA) is 43.4 Å². The number of ketones is 1. The van der Waals surface area contributed by atoms with Gasteiger partial charge in [-0.25, -0.2) is 0 Å². The molecule has 0 aromatic heterocycles. The van der Waals surface area contributed by atoms with Crippen LogP contribution in [0.5, 0.6) is 0 Å². The van der Waals surface area contributed by atoms with Crippen molar-refractivity contribution in [3.8, 4) is 0 Å². The Labute approximate surface area is 161 Å². The van der Waals surface area contributed by atoms with Crippen LogP contribution in [-0.4, -0.2) is 17.4 Å². The van der Waals surface area contributed by atoms with E-state index in [9.17, 15) is 9.59 Å². The number of hydrogen-bond donors (Lipinski definition) is 0. The van der Waals surface area contributed by atoms with Crippen molar-refractivity contribution in [1.82, 2.24) is 0 Å². The molecule has 1 saturated heterocycles. The van der Waals surface area contributed by atoms with Crippen molar-refractivity contribution < 1.29 is 14.3 Å². The molecule has 3 heteroatoms. The van der Waals surface area contributed by atoms with Crippen molar-refractivity contribution >= 4 is 11.8 Å². The standard InChI is InChI=1S/C24H30O3/c1-21-6-3-14(25)9-18(21)15-10-16(15)20-17-4-7-23(8-5-19(26)27-23)22(17,2)11-13-12-24(13,20)21/h13,16-17,20H,3-12H2,1-2H3/t13?,16?,17?,20?,21?,22?,23-,24?/m1/s1. The van der Waals surface area contributed by atoms with Crippen LogP contribution in [0.25, 0.3) is 0 Å². The summed E-state index contributed by atoms with van der Waals surface area (Å²) in [5, 5.41) is 0. The predicted molar refractivity (Wildman–Crippen MR) is 99.6 cm³/mol. The van der Waals surface area contributed by atoms with Gasteiger partial charge in [0.05, 0.1) is 0 Å². The quantitative estimate of drug-likeness (QED) is 0.465. The Bertz CT molecular complexity index is 856. The molecule has 0 radical (unpaired) electrons. The van der Waals surface area contributed by atoms with E-state index in [2.05, 4.69) is 13.8 Å². The van der Waals surface area contributed by atoms with Gasteiger partial charge in [0.25, 0.3) is 0 Å². The molecular weight excluding hydrogens is 336 g/mol. The molecule has 0 bridgehead atoms. The molecule has 1 aliphatic heterocycles. The summed E-state index contributed by atoms with van der Waals surface area (Å²) in [5.74, 6) is 3.55. The molecule has 6 fully saturated rings. The fraction of sp³-hybridized carbons (Fsp3) is 0.833. The van der Waals surface area contributed by atoms with Crippen molar-refractivity contribution in [2.45, 2.75) is 83.7 Å². The smallest absolute Gasteiger partial charge is 0.306 e. The lowest BCUT2D eigenvalue weighted by Gasteiger charge is -2.58. The van der Waals surface area contributed by atoms with E-state index in [1.54, 1.807) is 11.1 Å². The number of fused-ring (bicyclic) bond motifs is 6. The first-order chi connectivity index (χ1) is 12.8. The third-order valence-electron chi connectivity index (χ3n) is 11.1. The van der Waals surface area contributed by atoms with Crippen LogP contribution in [0.4, 0.5) is 0 Å². The second-order valence-corrected chi connectivity index (χ2v) is 11.6. The summed E-state index contributed by atoms with van der Waals surface area (Å²) in [6.07, 6.45) is 10.4. The minimum Gasteiger partial charge on any atom is -0.458 e. The fourth-order valence-electron chi connectivity index (χ4n) is 9.88. The highest BCUT2D eigenvalue weighted by Crippen LogP contribution is 2.87. The monoisotopic (exact) mass is 366 g/mol. The maximum absolute atomic E-state index is 12.3. The minimum absolute atomic E-state index is 0.0419. The number of carbonyl (C=O) groups is 2. The number of rotatable bonds is 0. The lowest BCUT2D eigenvalue weighted by molar-refractivity contribution is -0.168. The van der Waals surface area contributed by atoms with Crippen molar-refractivity contribution in [2.24, 2.45) is 39.9 Å². The molecule has 2 spiro atoms. The molecule has 7 rings (SSSR count). The number of esters is 1. The second kappa shape index (κ2) is 4.24. The molecule has 27 heavy (non-hydrogen) atoms. The van der Waals surface area contributed by atoms with Crippen molar-refractivity contribution in [3.63, 3.8) is 0 Å². The van der Waals surface area contributed by atoms with Crippen LogP contribution < -0.4 is 0 Å². The van der Waals surface area contributed by atoms with Gasteiger partial charge in [0.2, 0.25) is 0 Å². The highest BCUT2D eigenvalue weighted by molar-refractivity contribution is 5.83. The van der Waals surface area contributed by atoms with Crippen LogP contribution in [0.15, 0.2) is 11.1 Å². The summed E-state index contributed by atoms with van der Waals surface area (Å²) in [7, 11) is 0. The van der Waals surface area contributed by atoms with Gasteiger partial charge in [-0.15, -0.1) is 0 Å². The number of carbonyl (C=O) groups excluding carboxylic acids is 2. The molecular formula is C24H30O3. The van der Waals surface area contributed by atoms with Gasteiger partial charge in [-0.05, 0) is 79.4 Å². The minimum atomic E-state index is -0.161. The largest absolute Gasteiger partial charge is 0.458 e. The second-order valence-electron chi connectivity index (χ2n) is 11.6. The molecule has 3 nitrogen and oxygen atoms in total. The van der Waals surface area contributed by atoms with Crippen LogP contribution in [0.1, 0.15) is 78.1 Å².